The normalized spacial score (nSPS) is 23.4. The van der Waals surface area contributed by atoms with Gasteiger partial charge in [0.25, 0.3) is 0 Å². The van der Waals surface area contributed by atoms with Crippen LogP contribution >= 0.6 is 11.8 Å². The van der Waals surface area contributed by atoms with E-state index >= 15 is 0 Å². The van der Waals surface area contributed by atoms with E-state index in [0.29, 0.717) is 6.42 Å². The van der Waals surface area contributed by atoms with Crippen LogP contribution in [0.4, 0.5) is 0 Å². The summed E-state index contributed by atoms with van der Waals surface area (Å²) < 4.78 is -0.620. The standard InChI is InChI=1S/C10H16N2O4S/c1-10(3-2-4-17-10)9(16)12(5-7(11)13)6-8(14)15/h2-6H2,1H3,(H2,11,13)(H,14,15). The number of carbonyl (C=O) groups excluding carboxylic acids is 2. The van der Waals surface area contributed by atoms with Crippen LogP contribution in [-0.4, -0.2) is 51.4 Å². The van der Waals surface area contributed by atoms with Crippen molar-refractivity contribution in [2.75, 3.05) is 18.8 Å². The number of nitrogens with two attached hydrogens (primary N) is 1. The third kappa shape index (κ3) is 3.62. The van der Waals surface area contributed by atoms with E-state index in [0.717, 1.165) is 17.1 Å². The molecule has 0 aromatic rings. The van der Waals surface area contributed by atoms with Crippen molar-refractivity contribution in [1.29, 1.82) is 0 Å². The van der Waals surface area contributed by atoms with Crippen molar-refractivity contribution in [3.63, 3.8) is 0 Å². The van der Waals surface area contributed by atoms with Gasteiger partial charge in [0.05, 0.1) is 11.3 Å². The molecule has 1 unspecified atom stereocenters. The minimum Gasteiger partial charge on any atom is -0.480 e. The van der Waals surface area contributed by atoms with Crippen LogP contribution in [0.2, 0.25) is 0 Å². The van der Waals surface area contributed by atoms with Crippen LogP contribution in [-0.2, 0) is 14.4 Å². The minimum atomic E-state index is -1.15. The SMILES string of the molecule is CC1(C(=O)N(CC(N)=O)CC(=O)O)CCCS1. The lowest BCUT2D eigenvalue weighted by atomic mass is 10.0. The summed E-state index contributed by atoms with van der Waals surface area (Å²) in [5, 5.41) is 8.72. The molecule has 0 radical (unpaired) electrons. The highest BCUT2D eigenvalue weighted by molar-refractivity contribution is 8.01. The average Bonchev–Trinajstić information content (AvgIpc) is 2.63. The number of carbonyl (C=O) groups is 3. The molecule has 1 aliphatic rings. The van der Waals surface area contributed by atoms with Crippen LogP contribution in [0.5, 0.6) is 0 Å². The first kappa shape index (κ1) is 13.8. The summed E-state index contributed by atoms with van der Waals surface area (Å²) in [6, 6.07) is 0. The Hall–Kier alpha value is -1.24. The Morgan fingerprint density at radius 2 is 2.06 bits per heavy atom. The number of rotatable bonds is 5. The maximum Gasteiger partial charge on any atom is 0.323 e. The maximum atomic E-state index is 12.2. The average molecular weight is 260 g/mol. The minimum absolute atomic E-state index is 0.318. The van der Waals surface area contributed by atoms with Gasteiger partial charge in [-0.1, -0.05) is 0 Å². The summed E-state index contributed by atoms with van der Waals surface area (Å²) in [7, 11) is 0. The Labute approximate surface area is 104 Å². The molecule has 1 atom stereocenters. The number of hydrogen-bond acceptors (Lipinski definition) is 4. The first-order valence-electron chi connectivity index (χ1n) is 5.28. The van der Waals surface area contributed by atoms with Crippen molar-refractivity contribution in [2.24, 2.45) is 5.73 Å². The highest BCUT2D eigenvalue weighted by atomic mass is 32.2. The van der Waals surface area contributed by atoms with E-state index in [1.807, 2.05) is 0 Å². The quantitative estimate of drug-likeness (QED) is 0.705. The Bertz CT molecular complexity index is 323. The maximum absolute atomic E-state index is 12.2. The molecule has 3 N–H and O–H groups in total. The van der Waals surface area contributed by atoms with Gasteiger partial charge in [0.2, 0.25) is 11.8 Å². The van der Waals surface area contributed by atoms with Crippen LogP contribution in [0.1, 0.15) is 19.8 Å². The molecular formula is C10H16N2O4S. The molecule has 0 aromatic carbocycles. The molecule has 1 rings (SSSR count). The van der Waals surface area contributed by atoms with E-state index in [2.05, 4.69) is 0 Å². The molecule has 96 valence electrons. The van der Waals surface area contributed by atoms with Crippen molar-refractivity contribution in [3.05, 3.63) is 0 Å². The fourth-order valence-corrected chi connectivity index (χ4v) is 3.11. The molecule has 1 saturated heterocycles. The molecule has 2 amide bonds. The van der Waals surface area contributed by atoms with Gasteiger partial charge in [0.15, 0.2) is 0 Å². The number of aliphatic carboxylic acids is 1. The Balaban J connectivity index is 2.77. The smallest absolute Gasteiger partial charge is 0.323 e. The van der Waals surface area contributed by atoms with Crippen molar-refractivity contribution >= 4 is 29.5 Å². The van der Waals surface area contributed by atoms with Crippen LogP contribution in [0.3, 0.4) is 0 Å². The number of hydrogen-bond donors (Lipinski definition) is 2. The van der Waals surface area contributed by atoms with Crippen molar-refractivity contribution < 1.29 is 19.5 Å². The summed E-state index contributed by atoms with van der Waals surface area (Å²) >= 11 is 1.50. The van der Waals surface area contributed by atoms with Crippen LogP contribution < -0.4 is 5.73 Å². The summed E-state index contributed by atoms with van der Waals surface area (Å²) in [4.78, 5) is 34.7. The zero-order valence-corrected chi connectivity index (χ0v) is 10.5. The lowest BCUT2D eigenvalue weighted by Crippen LogP contribution is -2.49. The van der Waals surface area contributed by atoms with Gasteiger partial charge in [0, 0.05) is 0 Å². The molecule has 1 aliphatic heterocycles. The van der Waals surface area contributed by atoms with Crippen molar-refractivity contribution in [2.45, 2.75) is 24.5 Å². The van der Waals surface area contributed by atoms with Gasteiger partial charge in [-0.3, -0.25) is 14.4 Å². The fourth-order valence-electron chi connectivity index (χ4n) is 1.83. The Kier molecular flexibility index (Phi) is 4.39. The van der Waals surface area contributed by atoms with Gasteiger partial charge in [0.1, 0.15) is 6.54 Å². The third-order valence-electron chi connectivity index (χ3n) is 2.63. The first-order valence-corrected chi connectivity index (χ1v) is 6.27. The molecule has 7 heteroatoms. The predicted octanol–water partition coefficient (Wildman–Crippen LogP) is -0.329. The van der Waals surface area contributed by atoms with E-state index < -0.39 is 23.2 Å². The topological polar surface area (TPSA) is 101 Å². The second-order valence-corrected chi connectivity index (χ2v) is 5.80. The van der Waals surface area contributed by atoms with E-state index in [9.17, 15) is 14.4 Å². The van der Waals surface area contributed by atoms with E-state index in [-0.39, 0.29) is 12.5 Å². The van der Waals surface area contributed by atoms with Gasteiger partial charge in [-0.05, 0) is 25.5 Å². The number of nitrogens with zero attached hydrogens (tertiary/aromatic N) is 1. The van der Waals surface area contributed by atoms with Gasteiger partial charge >= 0.3 is 5.97 Å². The van der Waals surface area contributed by atoms with Gasteiger partial charge < -0.3 is 15.7 Å². The number of amides is 2. The van der Waals surface area contributed by atoms with Crippen LogP contribution in [0, 0.1) is 0 Å². The Morgan fingerprint density at radius 3 is 2.47 bits per heavy atom. The fraction of sp³-hybridized carbons (Fsp3) is 0.700. The van der Waals surface area contributed by atoms with E-state index in [1.165, 1.54) is 11.8 Å². The zero-order valence-electron chi connectivity index (χ0n) is 9.64. The Morgan fingerprint density at radius 1 is 1.41 bits per heavy atom. The summed E-state index contributed by atoms with van der Waals surface area (Å²) in [6.45, 7) is 0.946. The lowest BCUT2D eigenvalue weighted by molar-refractivity contribution is -0.146. The highest BCUT2D eigenvalue weighted by Crippen LogP contribution is 2.39. The van der Waals surface area contributed by atoms with Gasteiger partial charge in [-0.25, -0.2) is 0 Å². The molecule has 0 bridgehead atoms. The summed E-state index contributed by atoms with van der Waals surface area (Å²) in [5.74, 6) is -1.29. The molecule has 1 fully saturated rings. The number of carboxylic acids is 1. The number of thioether (sulfide) groups is 1. The van der Waals surface area contributed by atoms with Crippen molar-refractivity contribution in [1.82, 2.24) is 4.90 Å². The highest BCUT2D eigenvalue weighted by Gasteiger charge is 2.40. The second kappa shape index (κ2) is 5.39. The van der Waals surface area contributed by atoms with Crippen LogP contribution in [0.25, 0.3) is 0 Å². The van der Waals surface area contributed by atoms with E-state index in [1.54, 1.807) is 6.92 Å². The summed E-state index contributed by atoms with van der Waals surface area (Å²) in [5.41, 5.74) is 5.02. The molecule has 0 saturated carbocycles. The first-order chi connectivity index (χ1) is 7.85. The molecule has 0 aromatic heterocycles. The lowest BCUT2D eigenvalue weighted by Gasteiger charge is -2.29. The van der Waals surface area contributed by atoms with Gasteiger partial charge in [-0.15, -0.1) is 11.8 Å². The zero-order chi connectivity index (χ0) is 13.1. The van der Waals surface area contributed by atoms with Gasteiger partial charge in [-0.2, -0.15) is 0 Å². The molecular weight excluding hydrogens is 244 g/mol. The molecule has 17 heavy (non-hydrogen) atoms. The second-order valence-electron chi connectivity index (χ2n) is 4.20. The predicted molar refractivity (Wildman–Crippen MR) is 63.5 cm³/mol. The summed E-state index contributed by atoms with van der Waals surface area (Å²) in [6.07, 6.45) is 1.62. The third-order valence-corrected chi connectivity index (χ3v) is 4.14. The van der Waals surface area contributed by atoms with E-state index in [4.69, 9.17) is 10.8 Å². The van der Waals surface area contributed by atoms with Crippen molar-refractivity contribution in [3.8, 4) is 0 Å². The molecule has 0 spiro atoms. The number of carboxylic acid groups (broad SMARTS) is 1. The molecule has 1 heterocycles. The largest absolute Gasteiger partial charge is 0.480 e. The molecule has 0 aliphatic carbocycles. The van der Waals surface area contributed by atoms with Crippen LogP contribution in [0.15, 0.2) is 0 Å². The molecule has 6 nitrogen and oxygen atoms in total. The number of primary amides is 1. The monoisotopic (exact) mass is 260 g/mol.